The van der Waals surface area contributed by atoms with E-state index in [0.717, 1.165) is 19.0 Å². The first-order valence-corrected chi connectivity index (χ1v) is 10.7. The quantitative estimate of drug-likeness (QED) is 0.680. The molecule has 3 aliphatic heterocycles. The van der Waals surface area contributed by atoms with E-state index in [1.54, 1.807) is 9.80 Å². The number of urea groups is 1. The number of nitrogens with zero attached hydrogens (tertiary/aromatic N) is 4. The number of alkyl halides is 3. The van der Waals surface area contributed by atoms with Gasteiger partial charge >= 0.3 is 12.2 Å². The molecule has 170 valence electrons. The number of likely N-dealkylation sites (tertiary alicyclic amines) is 2. The minimum absolute atomic E-state index is 0.0140. The highest BCUT2D eigenvalue weighted by Crippen LogP contribution is 2.53. The van der Waals surface area contributed by atoms with Crippen LogP contribution in [0.15, 0.2) is 12.3 Å². The highest BCUT2D eigenvalue weighted by Gasteiger charge is 2.55. The Bertz CT molecular complexity index is 933. The van der Waals surface area contributed by atoms with Gasteiger partial charge in [0.05, 0.1) is 6.10 Å². The zero-order chi connectivity index (χ0) is 22.7. The van der Waals surface area contributed by atoms with Crippen LogP contribution in [-0.4, -0.2) is 83.9 Å². The molecule has 32 heavy (non-hydrogen) atoms. The molecule has 3 saturated heterocycles. The number of aromatic nitrogens is 2. The predicted octanol–water partition coefficient (Wildman–Crippen LogP) is 0.955. The van der Waals surface area contributed by atoms with Crippen LogP contribution in [0.3, 0.4) is 0 Å². The van der Waals surface area contributed by atoms with Gasteiger partial charge in [-0.25, -0.2) is 14.8 Å². The van der Waals surface area contributed by atoms with Gasteiger partial charge in [-0.1, -0.05) is 0 Å². The monoisotopic (exact) mass is 449 g/mol. The minimum atomic E-state index is -4.55. The van der Waals surface area contributed by atoms with Crippen molar-refractivity contribution in [2.45, 2.75) is 43.4 Å². The van der Waals surface area contributed by atoms with Crippen molar-refractivity contribution < 1.29 is 27.5 Å². The van der Waals surface area contributed by atoms with Gasteiger partial charge in [0.15, 0.2) is 0 Å². The average Bonchev–Trinajstić information content (AvgIpc) is 2.66. The molecule has 1 aliphatic carbocycles. The van der Waals surface area contributed by atoms with Crippen molar-refractivity contribution in [2.24, 2.45) is 11.3 Å². The lowest BCUT2D eigenvalue weighted by atomic mass is 9.57. The van der Waals surface area contributed by atoms with E-state index in [1.165, 1.54) is 6.07 Å². The molecule has 3 amide bonds. The Morgan fingerprint density at radius 2 is 2.03 bits per heavy atom. The Balaban J connectivity index is 1.12. The molecule has 1 N–H and O–H groups in total. The maximum absolute atomic E-state index is 12.9. The number of carbonyl (C=O) groups excluding carboxylic acids is 2. The first-order chi connectivity index (χ1) is 15.1. The fourth-order valence-electron chi connectivity index (χ4n) is 5.62. The number of halogens is 3. The van der Waals surface area contributed by atoms with Gasteiger partial charge in [-0.3, -0.25) is 4.79 Å². The third-order valence-electron chi connectivity index (χ3n) is 6.98. The summed E-state index contributed by atoms with van der Waals surface area (Å²) >= 11 is 0. The zero-order valence-electron chi connectivity index (χ0n) is 17.4. The molecular formula is C20H23BF3N5O3. The average molecular weight is 449 g/mol. The Hall–Kier alpha value is -2.37. The lowest BCUT2D eigenvalue weighted by Crippen LogP contribution is -2.73. The number of carbonyl (C=O) groups is 2. The largest absolute Gasteiger partial charge is 0.451 e. The highest BCUT2D eigenvalue weighted by atomic mass is 19.4. The predicted molar refractivity (Wildman–Crippen MR) is 105 cm³/mol. The molecular weight excluding hydrogens is 426 g/mol. The SMILES string of the molecule is [B][C@@]12CN(C(=O)N3CC4(CC(Cc5ccnc(C(F)(F)F)n5)C4)C3)CC[C@@H]1OCC(=O)N2. The number of piperidine rings is 1. The van der Waals surface area contributed by atoms with Crippen LogP contribution in [0, 0.1) is 11.3 Å². The Morgan fingerprint density at radius 3 is 2.75 bits per heavy atom. The molecule has 4 fully saturated rings. The van der Waals surface area contributed by atoms with E-state index in [-0.39, 0.29) is 42.5 Å². The number of rotatable bonds is 2. The van der Waals surface area contributed by atoms with Crippen molar-refractivity contribution in [2.75, 3.05) is 32.8 Å². The number of nitrogens with one attached hydrogen (secondary N) is 1. The molecule has 2 atom stereocenters. The summed E-state index contributed by atoms with van der Waals surface area (Å²) in [6.07, 6.45) is -0.957. The summed E-state index contributed by atoms with van der Waals surface area (Å²) in [6.45, 7) is 1.95. The normalized spacial score (nSPS) is 29.7. The molecule has 4 aliphatic rings. The number of amides is 3. The van der Waals surface area contributed by atoms with Gasteiger partial charge in [-0.15, -0.1) is 0 Å². The maximum Gasteiger partial charge on any atom is 0.451 e. The molecule has 0 aromatic carbocycles. The molecule has 12 heteroatoms. The maximum atomic E-state index is 12.9. The van der Waals surface area contributed by atoms with E-state index in [9.17, 15) is 22.8 Å². The van der Waals surface area contributed by atoms with Gasteiger partial charge in [0, 0.05) is 48.9 Å². The van der Waals surface area contributed by atoms with E-state index in [0.29, 0.717) is 38.2 Å². The van der Waals surface area contributed by atoms with E-state index < -0.39 is 17.4 Å². The number of ether oxygens (including phenoxy) is 1. The highest BCUT2D eigenvalue weighted by molar-refractivity contribution is 6.18. The van der Waals surface area contributed by atoms with Gasteiger partial charge < -0.3 is 19.9 Å². The molecule has 1 aromatic rings. The Labute approximate surface area is 184 Å². The van der Waals surface area contributed by atoms with Crippen molar-refractivity contribution in [3.05, 3.63) is 23.8 Å². The number of morpholine rings is 1. The van der Waals surface area contributed by atoms with Crippen molar-refractivity contribution >= 4 is 19.8 Å². The van der Waals surface area contributed by atoms with Crippen molar-refractivity contribution in [1.29, 1.82) is 0 Å². The van der Waals surface area contributed by atoms with E-state index in [4.69, 9.17) is 12.6 Å². The van der Waals surface area contributed by atoms with Gasteiger partial charge in [0.25, 0.3) is 0 Å². The zero-order valence-corrected chi connectivity index (χ0v) is 17.4. The van der Waals surface area contributed by atoms with Gasteiger partial charge in [0.2, 0.25) is 11.7 Å². The third kappa shape index (κ3) is 3.82. The second-order valence-electron chi connectivity index (χ2n) is 9.58. The van der Waals surface area contributed by atoms with Crippen LogP contribution in [0.25, 0.3) is 0 Å². The van der Waals surface area contributed by atoms with Crippen LogP contribution in [-0.2, 0) is 22.1 Å². The smallest absolute Gasteiger partial charge is 0.367 e. The van der Waals surface area contributed by atoms with Crippen LogP contribution in [0.5, 0.6) is 0 Å². The summed E-state index contributed by atoms with van der Waals surface area (Å²) in [5.41, 5.74) is -0.631. The summed E-state index contributed by atoms with van der Waals surface area (Å²) in [7, 11) is 6.31. The fourth-order valence-corrected chi connectivity index (χ4v) is 5.62. The summed E-state index contributed by atoms with van der Waals surface area (Å²) in [6, 6.07) is 1.42. The first kappa shape index (κ1) is 21.5. The molecule has 2 radical (unpaired) electrons. The molecule has 1 spiro atoms. The van der Waals surface area contributed by atoms with E-state index in [1.807, 2.05) is 0 Å². The van der Waals surface area contributed by atoms with Gasteiger partial charge in [-0.2, -0.15) is 13.2 Å². The van der Waals surface area contributed by atoms with Crippen molar-refractivity contribution in [3.8, 4) is 0 Å². The first-order valence-electron chi connectivity index (χ1n) is 10.7. The van der Waals surface area contributed by atoms with Crippen LogP contribution >= 0.6 is 0 Å². The number of hydrogen-bond acceptors (Lipinski definition) is 5. The van der Waals surface area contributed by atoms with Gasteiger partial charge in [-0.05, 0) is 37.7 Å². The number of fused-ring (bicyclic) bond motifs is 1. The van der Waals surface area contributed by atoms with Crippen molar-refractivity contribution in [3.63, 3.8) is 0 Å². The summed E-state index contributed by atoms with van der Waals surface area (Å²) in [5.74, 6) is -1.14. The minimum Gasteiger partial charge on any atom is -0.367 e. The second-order valence-corrected chi connectivity index (χ2v) is 9.58. The van der Waals surface area contributed by atoms with Crippen molar-refractivity contribution in [1.82, 2.24) is 25.1 Å². The molecule has 1 aromatic heterocycles. The lowest BCUT2D eigenvalue weighted by molar-refractivity contribution is -0.145. The van der Waals surface area contributed by atoms with Gasteiger partial charge in [0.1, 0.15) is 14.5 Å². The standard InChI is InChI=1S/C20H23BF3N5O3/c21-19-11-28(4-2-14(19)32-8-15(30)27-19)17(31)29-9-18(10-29)6-12(7-18)5-13-1-3-25-16(26-13)20(22,23)24/h1,3,12,14H,2,4-11H2,(H,27,30)/t14-,19+/m0/s1. The fraction of sp³-hybridized carbons (Fsp3) is 0.700. The van der Waals surface area contributed by atoms with E-state index in [2.05, 4.69) is 15.3 Å². The lowest BCUT2D eigenvalue weighted by Gasteiger charge is -2.60. The third-order valence-corrected chi connectivity index (χ3v) is 6.98. The summed E-state index contributed by atoms with van der Waals surface area (Å²) in [4.78, 5) is 35.0. The molecule has 5 rings (SSSR count). The molecule has 1 saturated carbocycles. The van der Waals surface area contributed by atoms with Crippen LogP contribution < -0.4 is 5.32 Å². The molecule has 0 unspecified atom stereocenters. The Morgan fingerprint density at radius 1 is 1.28 bits per heavy atom. The van der Waals surface area contributed by atoms with Crippen LogP contribution in [0.2, 0.25) is 0 Å². The number of hydrogen-bond donors (Lipinski definition) is 1. The Kier molecular flexibility index (Phi) is 4.92. The molecule has 8 nitrogen and oxygen atoms in total. The topological polar surface area (TPSA) is 87.7 Å². The van der Waals surface area contributed by atoms with Crippen LogP contribution in [0.1, 0.15) is 30.8 Å². The van der Waals surface area contributed by atoms with E-state index >= 15 is 0 Å². The molecule has 0 bridgehead atoms. The molecule has 4 heterocycles. The second kappa shape index (κ2) is 7.33. The summed E-state index contributed by atoms with van der Waals surface area (Å²) < 4.78 is 43.9. The summed E-state index contributed by atoms with van der Waals surface area (Å²) in [5, 5.41) is 2.76. The van der Waals surface area contributed by atoms with Crippen LogP contribution in [0.4, 0.5) is 18.0 Å².